The quantitative estimate of drug-likeness (QED) is 0.873. The highest BCUT2D eigenvalue weighted by molar-refractivity contribution is 5.39. The summed E-state index contributed by atoms with van der Waals surface area (Å²) in [6.45, 7) is 11.1. The van der Waals surface area contributed by atoms with E-state index in [4.69, 9.17) is 9.47 Å². The third-order valence-corrected chi connectivity index (χ3v) is 4.13. The molecule has 1 saturated heterocycles. The van der Waals surface area contributed by atoms with Crippen LogP contribution in [0.5, 0.6) is 5.75 Å². The van der Waals surface area contributed by atoms with Crippen molar-refractivity contribution >= 4 is 0 Å². The summed E-state index contributed by atoms with van der Waals surface area (Å²) in [5.41, 5.74) is 2.52. The zero-order valence-corrected chi connectivity index (χ0v) is 13.7. The van der Waals surface area contributed by atoms with Gasteiger partial charge < -0.3 is 14.8 Å². The van der Waals surface area contributed by atoms with E-state index in [0.29, 0.717) is 6.04 Å². The van der Waals surface area contributed by atoms with Gasteiger partial charge in [-0.15, -0.1) is 0 Å². The highest BCUT2D eigenvalue weighted by Crippen LogP contribution is 2.27. The van der Waals surface area contributed by atoms with Gasteiger partial charge in [-0.3, -0.25) is 4.90 Å². The first-order valence-electron chi connectivity index (χ1n) is 7.85. The lowest BCUT2D eigenvalue weighted by molar-refractivity contribution is -0.00451. The van der Waals surface area contributed by atoms with Crippen LogP contribution < -0.4 is 10.1 Å². The maximum absolute atomic E-state index is 5.56. The number of hydrogen-bond donors (Lipinski definition) is 1. The van der Waals surface area contributed by atoms with Gasteiger partial charge in [0, 0.05) is 30.7 Å². The molecular weight excluding hydrogens is 264 g/mol. The minimum atomic E-state index is 0.283. The summed E-state index contributed by atoms with van der Waals surface area (Å²) in [7, 11) is 1.74. The van der Waals surface area contributed by atoms with E-state index in [0.717, 1.165) is 38.6 Å². The van der Waals surface area contributed by atoms with Crippen LogP contribution in [0.25, 0.3) is 0 Å². The minimum Gasteiger partial charge on any atom is -0.496 e. The Hall–Kier alpha value is -1.10. The average Bonchev–Trinajstić information content (AvgIpc) is 2.49. The van der Waals surface area contributed by atoms with Crippen molar-refractivity contribution in [2.75, 3.05) is 40.0 Å². The number of aryl methyl sites for hydroxylation is 1. The van der Waals surface area contributed by atoms with Crippen LogP contribution in [0.15, 0.2) is 18.2 Å². The Morgan fingerprint density at radius 3 is 2.95 bits per heavy atom. The Morgan fingerprint density at radius 1 is 1.48 bits per heavy atom. The van der Waals surface area contributed by atoms with Gasteiger partial charge in [0.2, 0.25) is 0 Å². The van der Waals surface area contributed by atoms with Crippen molar-refractivity contribution in [3.05, 3.63) is 29.3 Å². The van der Waals surface area contributed by atoms with Gasteiger partial charge in [0.1, 0.15) is 5.75 Å². The SMILES string of the molecule is CCNC(CN1CCOCC1C)c1cc(C)ccc1OC. The molecule has 1 aliphatic heterocycles. The van der Waals surface area contributed by atoms with E-state index in [1.54, 1.807) is 7.11 Å². The van der Waals surface area contributed by atoms with Gasteiger partial charge in [0.25, 0.3) is 0 Å². The van der Waals surface area contributed by atoms with Gasteiger partial charge in [-0.1, -0.05) is 24.6 Å². The fourth-order valence-electron chi connectivity index (χ4n) is 2.91. The summed E-state index contributed by atoms with van der Waals surface area (Å²) in [5, 5.41) is 3.61. The number of hydrogen-bond acceptors (Lipinski definition) is 4. The Labute approximate surface area is 128 Å². The van der Waals surface area contributed by atoms with Crippen LogP contribution in [0.3, 0.4) is 0 Å². The van der Waals surface area contributed by atoms with E-state index in [2.05, 4.69) is 49.2 Å². The third-order valence-electron chi connectivity index (χ3n) is 4.13. The van der Waals surface area contributed by atoms with E-state index in [-0.39, 0.29) is 6.04 Å². The number of ether oxygens (including phenoxy) is 2. The second kappa shape index (κ2) is 7.78. The average molecular weight is 292 g/mol. The maximum Gasteiger partial charge on any atom is 0.123 e. The number of likely N-dealkylation sites (N-methyl/N-ethyl adjacent to an activating group) is 1. The molecule has 1 heterocycles. The predicted molar refractivity (Wildman–Crippen MR) is 86.0 cm³/mol. The molecule has 0 bridgehead atoms. The third kappa shape index (κ3) is 4.19. The zero-order valence-electron chi connectivity index (χ0n) is 13.7. The van der Waals surface area contributed by atoms with Crippen molar-refractivity contribution in [1.29, 1.82) is 0 Å². The van der Waals surface area contributed by atoms with Crippen LogP contribution in [0, 0.1) is 6.92 Å². The van der Waals surface area contributed by atoms with Gasteiger partial charge in [0.05, 0.1) is 20.3 Å². The summed E-state index contributed by atoms with van der Waals surface area (Å²) < 4.78 is 11.1. The standard InChI is InChI=1S/C17H28N2O2/c1-5-18-16(11-19-8-9-21-12-14(19)3)15-10-13(2)6-7-17(15)20-4/h6-7,10,14,16,18H,5,8-9,11-12H2,1-4H3. The fraction of sp³-hybridized carbons (Fsp3) is 0.647. The molecule has 1 fully saturated rings. The Kier molecular flexibility index (Phi) is 6.03. The monoisotopic (exact) mass is 292 g/mol. The molecular formula is C17H28N2O2. The van der Waals surface area contributed by atoms with E-state index in [1.807, 2.05) is 0 Å². The number of methoxy groups -OCH3 is 1. The number of benzene rings is 1. The summed E-state index contributed by atoms with van der Waals surface area (Å²) in [5.74, 6) is 0.965. The smallest absolute Gasteiger partial charge is 0.123 e. The molecule has 1 aromatic rings. The first kappa shape index (κ1) is 16.3. The predicted octanol–water partition coefficient (Wildman–Crippen LogP) is 2.37. The molecule has 0 radical (unpaired) electrons. The van der Waals surface area contributed by atoms with E-state index in [1.165, 1.54) is 11.1 Å². The van der Waals surface area contributed by atoms with Crippen LogP contribution in [0.2, 0.25) is 0 Å². The maximum atomic E-state index is 5.56. The summed E-state index contributed by atoms with van der Waals surface area (Å²) >= 11 is 0. The molecule has 0 saturated carbocycles. The van der Waals surface area contributed by atoms with Crippen molar-refractivity contribution in [1.82, 2.24) is 10.2 Å². The number of nitrogens with zero attached hydrogens (tertiary/aromatic N) is 1. The number of morpholine rings is 1. The van der Waals surface area contributed by atoms with Crippen LogP contribution in [0.1, 0.15) is 31.0 Å². The van der Waals surface area contributed by atoms with Crippen LogP contribution in [-0.4, -0.2) is 50.9 Å². The van der Waals surface area contributed by atoms with E-state index < -0.39 is 0 Å². The summed E-state index contributed by atoms with van der Waals surface area (Å²) in [6, 6.07) is 7.15. The normalized spacial score (nSPS) is 21.2. The second-order valence-electron chi connectivity index (χ2n) is 5.77. The molecule has 4 nitrogen and oxygen atoms in total. The lowest BCUT2D eigenvalue weighted by Crippen LogP contribution is -2.47. The highest BCUT2D eigenvalue weighted by atomic mass is 16.5. The van der Waals surface area contributed by atoms with Crippen LogP contribution in [0.4, 0.5) is 0 Å². The molecule has 0 spiro atoms. The van der Waals surface area contributed by atoms with Crippen LogP contribution >= 0.6 is 0 Å². The number of nitrogens with one attached hydrogen (secondary N) is 1. The Morgan fingerprint density at radius 2 is 2.29 bits per heavy atom. The molecule has 0 aliphatic carbocycles. The van der Waals surface area contributed by atoms with Gasteiger partial charge in [-0.05, 0) is 26.5 Å². The van der Waals surface area contributed by atoms with E-state index in [9.17, 15) is 0 Å². The number of rotatable bonds is 6. The van der Waals surface area contributed by atoms with Crippen LogP contribution in [-0.2, 0) is 4.74 Å². The molecule has 4 heteroatoms. The molecule has 0 amide bonds. The molecule has 1 aliphatic rings. The van der Waals surface area contributed by atoms with Crippen molar-refractivity contribution in [2.24, 2.45) is 0 Å². The highest BCUT2D eigenvalue weighted by Gasteiger charge is 2.24. The van der Waals surface area contributed by atoms with Crippen molar-refractivity contribution < 1.29 is 9.47 Å². The molecule has 0 aromatic heterocycles. The van der Waals surface area contributed by atoms with Gasteiger partial charge in [-0.25, -0.2) is 0 Å². The Bertz CT molecular complexity index is 450. The Balaban J connectivity index is 2.19. The molecule has 1 N–H and O–H groups in total. The van der Waals surface area contributed by atoms with Gasteiger partial charge >= 0.3 is 0 Å². The first-order chi connectivity index (χ1) is 10.2. The molecule has 2 unspecified atom stereocenters. The molecule has 2 rings (SSSR count). The largest absolute Gasteiger partial charge is 0.496 e. The van der Waals surface area contributed by atoms with Crippen molar-refractivity contribution in [2.45, 2.75) is 32.9 Å². The topological polar surface area (TPSA) is 33.7 Å². The van der Waals surface area contributed by atoms with Gasteiger partial charge in [0.15, 0.2) is 0 Å². The van der Waals surface area contributed by atoms with Gasteiger partial charge in [-0.2, -0.15) is 0 Å². The molecule has 21 heavy (non-hydrogen) atoms. The lowest BCUT2D eigenvalue weighted by atomic mass is 10.0. The molecule has 118 valence electrons. The lowest BCUT2D eigenvalue weighted by Gasteiger charge is -2.36. The molecule has 2 atom stereocenters. The van der Waals surface area contributed by atoms with E-state index >= 15 is 0 Å². The van der Waals surface area contributed by atoms with Crippen molar-refractivity contribution in [3.63, 3.8) is 0 Å². The van der Waals surface area contributed by atoms with Crippen molar-refractivity contribution in [3.8, 4) is 5.75 Å². The summed E-state index contributed by atoms with van der Waals surface area (Å²) in [4.78, 5) is 2.50. The fourth-order valence-corrected chi connectivity index (χ4v) is 2.91. The first-order valence-corrected chi connectivity index (χ1v) is 7.85. The second-order valence-corrected chi connectivity index (χ2v) is 5.77. The summed E-state index contributed by atoms with van der Waals surface area (Å²) in [6.07, 6.45) is 0. The minimum absolute atomic E-state index is 0.283. The zero-order chi connectivity index (χ0) is 15.2. The molecule has 1 aromatic carbocycles.